The first-order valence-electron chi connectivity index (χ1n) is 9.95. The number of ketones is 1. The van der Waals surface area contributed by atoms with Crippen LogP contribution in [0, 0.1) is 6.92 Å². The van der Waals surface area contributed by atoms with Gasteiger partial charge in [0, 0.05) is 38.2 Å². The third kappa shape index (κ3) is 4.90. The number of methoxy groups -OCH3 is 1. The van der Waals surface area contributed by atoms with Crippen LogP contribution in [0.25, 0.3) is 11.0 Å². The van der Waals surface area contributed by atoms with Gasteiger partial charge in [-0.25, -0.2) is 4.98 Å². The average molecular weight is 416 g/mol. The van der Waals surface area contributed by atoms with Gasteiger partial charge in [-0.2, -0.15) is 0 Å². The molecule has 0 fully saturated rings. The molecule has 0 bridgehead atoms. The summed E-state index contributed by atoms with van der Waals surface area (Å²) in [6.45, 7) is 2.13. The van der Waals surface area contributed by atoms with Crippen LogP contribution < -0.4 is 10.1 Å². The fourth-order valence-corrected chi connectivity index (χ4v) is 3.29. The number of hydrogen-bond donors (Lipinski definition) is 1. The third-order valence-corrected chi connectivity index (χ3v) is 4.87. The van der Waals surface area contributed by atoms with E-state index in [1.807, 2.05) is 41.9 Å². The second kappa shape index (κ2) is 8.97. The van der Waals surface area contributed by atoms with Crippen LogP contribution in [0.5, 0.6) is 11.5 Å². The fraction of sp³-hybridized carbons (Fsp3) is 0.208. The number of nitrogens with one attached hydrogen (secondary N) is 1. The van der Waals surface area contributed by atoms with Crippen molar-refractivity contribution < 1.29 is 14.3 Å². The maximum absolute atomic E-state index is 11.8. The topological polar surface area (TPSA) is 78.3 Å². The molecule has 0 radical (unpaired) electrons. The third-order valence-electron chi connectivity index (χ3n) is 4.87. The highest BCUT2D eigenvalue weighted by Gasteiger charge is 2.11. The first kappa shape index (κ1) is 20.6. The Morgan fingerprint density at radius 1 is 1.06 bits per heavy atom. The lowest BCUT2D eigenvalue weighted by Crippen LogP contribution is -2.10. The van der Waals surface area contributed by atoms with Crippen LogP contribution in [0.3, 0.4) is 0 Å². The Balaban J connectivity index is 1.53. The van der Waals surface area contributed by atoms with Crippen LogP contribution in [-0.2, 0) is 23.0 Å². The van der Waals surface area contributed by atoms with Gasteiger partial charge in [0.25, 0.3) is 0 Å². The van der Waals surface area contributed by atoms with E-state index in [9.17, 15) is 4.79 Å². The number of carbonyl (C=O) groups is 1. The molecule has 0 unspecified atom stereocenters. The summed E-state index contributed by atoms with van der Waals surface area (Å²) in [4.78, 5) is 20.7. The largest absolute Gasteiger partial charge is 0.457 e. The van der Waals surface area contributed by atoms with Crippen LogP contribution in [0.2, 0.25) is 0 Å². The number of pyridine rings is 1. The Morgan fingerprint density at radius 3 is 2.61 bits per heavy atom. The van der Waals surface area contributed by atoms with Crippen molar-refractivity contribution in [3.05, 3.63) is 72.1 Å². The standard InChI is InChI=1S/C24H24N4O3/c1-16-4-6-17(7-5-16)26-24-27-22-14-20(8-9-23(22)28(24)2)31-21-10-11-25-18(13-21)12-19(29)15-30-3/h4-11,13-14H,12,15H2,1-3H3,(H,26,27). The number of rotatable bonds is 8. The fourth-order valence-electron chi connectivity index (χ4n) is 3.29. The number of anilines is 2. The van der Waals surface area contributed by atoms with E-state index in [2.05, 4.69) is 29.4 Å². The predicted molar refractivity (Wildman–Crippen MR) is 120 cm³/mol. The molecule has 4 rings (SSSR count). The van der Waals surface area contributed by atoms with E-state index in [4.69, 9.17) is 14.5 Å². The van der Waals surface area contributed by atoms with Crippen molar-refractivity contribution in [2.45, 2.75) is 13.3 Å². The number of hydrogen-bond acceptors (Lipinski definition) is 6. The Morgan fingerprint density at radius 2 is 1.84 bits per heavy atom. The normalized spacial score (nSPS) is 10.9. The monoisotopic (exact) mass is 416 g/mol. The number of nitrogens with zero attached hydrogens (tertiary/aromatic N) is 3. The molecule has 0 atom stereocenters. The van der Waals surface area contributed by atoms with Crippen LogP contribution >= 0.6 is 0 Å². The molecule has 0 spiro atoms. The Kier molecular flexibility index (Phi) is 5.95. The van der Waals surface area contributed by atoms with E-state index in [1.54, 1.807) is 18.3 Å². The first-order valence-corrected chi connectivity index (χ1v) is 9.95. The van der Waals surface area contributed by atoms with Crippen molar-refractivity contribution in [3.8, 4) is 11.5 Å². The van der Waals surface area contributed by atoms with Gasteiger partial charge >= 0.3 is 0 Å². The molecule has 31 heavy (non-hydrogen) atoms. The van der Waals surface area contributed by atoms with Gasteiger partial charge in [-0.3, -0.25) is 9.78 Å². The minimum Gasteiger partial charge on any atom is -0.457 e. The van der Waals surface area contributed by atoms with Crippen molar-refractivity contribution in [2.24, 2.45) is 7.05 Å². The van der Waals surface area contributed by atoms with Crippen molar-refractivity contribution >= 4 is 28.5 Å². The molecule has 0 saturated carbocycles. The zero-order valence-electron chi connectivity index (χ0n) is 17.8. The van der Waals surface area contributed by atoms with E-state index < -0.39 is 0 Å². The molecule has 0 aliphatic rings. The molecule has 2 aromatic heterocycles. The minimum atomic E-state index is -0.0318. The quantitative estimate of drug-likeness (QED) is 0.453. The number of benzene rings is 2. The highest BCUT2D eigenvalue weighted by Crippen LogP contribution is 2.28. The zero-order chi connectivity index (χ0) is 21.8. The highest BCUT2D eigenvalue weighted by molar-refractivity contribution is 5.82. The van der Waals surface area contributed by atoms with Gasteiger partial charge in [-0.1, -0.05) is 17.7 Å². The number of aromatic nitrogens is 3. The van der Waals surface area contributed by atoms with Gasteiger partial charge in [-0.05, 0) is 37.3 Å². The van der Waals surface area contributed by atoms with Gasteiger partial charge < -0.3 is 19.4 Å². The molecule has 7 heteroatoms. The molecule has 0 aliphatic heterocycles. The molecule has 2 aromatic carbocycles. The molecular formula is C24H24N4O3. The van der Waals surface area contributed by atoms with Crippen molar-refractivity contribution in [2.75, 3.05) is 19.0 Å². The van der Waals surface area contributed by atoms with Crippen molar-refractivity contribution in [1.29, 1.82) is 0 Å². The summed E-state index contributed by atoms with van der Waals surface area (Å²) in [5.41, 5.74) is 4.64. The number of imidazole rings is 1. The number of carbonyl (C=O) groups excluding carboxylic acids is 1. The van der Waals surface area contributed by atoms with Crippen LogP contribution in [0.1, 0.15) is 11.3 Å². The molecule has 4 aromatic rings. The SMILES string of the molecule is COCC(=O)Cc1cc(Oc2ccc3c(c2)nc(Nc2ccc(C)cc2)n3C)ccn1. The molecular weight excluding hydrogens is 392 g/mol. The molecule has 0 saturated heterocycles. The summed E-state index contributed by atoms with van der Waals surface area (Å²) >= 11 is 0. The summed E-state index contributed by atoms with van der Waals surface area (Å²) in [6.07, 6.45) is 1.84. The van der Waals surface area contributed by atoms with Gasteiger partial charge in [-0.15, -0.1) is 0 Å². The van der Waals surface area contributed by atoms with Crippen LogP contribution in [-0.4, -0.2) is 34.0 Å². The van der Waals surface area contributed by atoms with Crippen molar-refractivity contribution in [1.82, 2.24) is 14.5 Å². The molecule has 158 valence electrons. The van der Waals surface area contributed by atoms with E-state index in [0.29, 0.717) is 17.2 Å². The Hall–Kier alpha value is -3.71. The van der Waals surface area contributed by atoms with Gasteiger partial charge in [0.15, 0.2) is 5.78 Å². The summed E-state index contributed by atoms with van der Waals surface area (Å²) in [5.74, 6) is 1.99. The number of aryl methyl sites for hydroxylation is 2. The first-order chi connectivity index (χ1) is 15.0. The molecule has 0 amide bonds. The summed E-state index contributed by atoms with van der Waals surface area (Å²) in [5, 5.41) is 3.35. The smallest absolute Gasteiger partial charge is 0.208 e. The van der Waals surface area contributed by atoms with E-state index in [1.165, 1.54) is 12.7 Å². The van der Waals surface area contributed by atoms with E-state index in [-0.39, 0.29) is 18.8 Å². The minimum absolute atomic E-state index is 0.0318. The van der Waals surface area contributed by atoms with Gasteiger partial charge in [0.2, 0.25) is 5.95 Å². The van der Waals surface area contributed by atoms with Crippen LogP contribution in [0.15, 0.2) is 60.8 Å². The predicted octanol–water partition coefficient (Wildman–Crippen LogP) is 4.57. The Bertz CT molecular complexity index is 1220. The lowest BCUT2D eigenvalue weighted by atomic mass is 10.2. The number of fused-ring (bicyclic) bond motifs is 1. The van der Waals surface area contributed by atoms with E-state index in [0.717, 1.165) is 22.7 Å². The molecule has 2 heterocycles. The zero-order valence-corrected chi connectivity index (χ0v) is 17.8. The average Bonchev–Trinajstić information content (AvgIpc) is 3.05. The number of ether oxygens (including phenoxy) is 2. The highest BCUT2D eigenvalue weighted by atomic mass is 16.5. The van der Waals surface area contributed by atoms with Gasteiger partial charge in [0.05, 0.1) is 23.1 Å². The summed E-state index contributed by atoms with van der Waals surface area (Å²) < 4.78 is 12.9. The lowest BCUT2D eigenvalue weighted by Gasteiger charge is -2.07. The second-order valence-electron chi connectivity index (χ2n) is 7.37. The molecule has 0 aliphatic carbocycles. The molecule has 7 nitrogen and oxygen atoms in total. The lowest BCUT2D eigenvalue weighted by molar-refractivity contribution is -0.122. The maximum atomic E-state index is 11.8. The Labute approximate surface area is 180 Å². The van der Waals surface area contributed by atoms with Gasteiger partial charge in [0.1, 0.15) is 18.1 Å². The van der Waals surface area contributed by atoms with Crippen LogP contribution in [0.4, 0.5) is 11.6 Å². The van der Waals surface area contributed by atoms with Crippen molar-refractivity contribution in [3.63, 3.8) is 0 Å². The maximum Gasteiger partial charge on any atom is 0.208 e. The summed E-state index contributed by atoms with van der Waals surface area (Å²) in [6, 6.07) is 17.5. The van der Waals surface area contributed by atoms with E-state index >= 15 is 0 Å². The molecule has 1 N–H and O–H groups in total. The summed E-state index contributed by atoms with van der Waals surface area (Å²) in [7, 11) is 3.47. The second-order valence-corrected chi connectivity index (χ2v) is 7.37. The number of Topliss-reactive ketones (excluding diaryl/α,β-unsaturated/α-hetero) is 1.